The van der Waals surface area contributed by atoms with Gasteiger partial charge in [-0.15, -0.1) is 0 Å². The number of hydrogen-bond donors (Lipinski definition) is 1. The molecule has 1 aromatic heterocycles. The van der Waals surface area contributed by atoms with Crippen LogP contribution in [-0.2, 0) is 0 Å². The molecule has 0 aliphatic carbocycles. The minimum atomic E-state index is -0.214. The Labute approximate surface area is 169 Å². The van der Waals surface area contributed by atoms with Crippen LogP contribution in [-0.4, -0.2) is 18.0 Å². The Balaban J connectivity index is 1.62. The Kier molecular flexibility index (Phi) is 5.12. The lowest BCUT2D eigenvalue weighted by Gasteiger charge is -2.08. The summed E-state index contributed by atoms with van der Waals surface area (Å²) in [6.07, 6.45) is 1.66. The van der Waals surface area contributed by atoms with Gasteiger partial charge in [-0.05, 0) is 55.5 Å². The van der Waals surface area contributed by atoms with E-state index in [0.717, 1.165) is 22.6 Å². The van der Waals surface area contributed by atoms with Crippen LogP contribution in [0.5, 0.6) is 5.75 Å². The van der Waals surface area contributed by atoms with Crippen LogP contribution in [0.1, 0.15) is 15.9 Å². The molecular weight excluding hydrogens is 364 g/mol. The number of aromatic nitrogens is 1. The second kappa shape index (κ2) is 8.02. The van der Waals surface area contributed by atoms with E-state index in [1.165, 1.54) is 0 Å². The van der Waals surface area contributed by atoms with Gasteiger partial charge in [0.25, 0.3) is 5.91 Å². The number of benzene rings is 3. The van der Waals surface area contributed by atoms with E-state index in [-0.39, 0.29) is 5.91 Å². The first kappa shape index (κ1) is 18.5. The van der Waals surface area contributed by atoms with E-state index in [9.17, 15) is 4.79 Å². The number of carbonyl (C=O) groups excluding carboxylic acids is 1. The van der Waals surface area contributed by atoms with Gasteiger partial charge in [0.2, 0.25) is 5.89 Å². The highest BCUT2D eigenvalue weighted by atomic mass is 16.5. The molecule has 0 saturated carbocycles. The van der Waals surface area contributed by atoms with Crippen molar-refractivity contribution in [2.75, 3.05) is 12.4 Å². The molecule has 0 atom stereocenters. The van der Waals surface area contributed by atoms with Gasteiger partial charge >= 0.3 is 0 Å². The molecule has 4 aromatic rings. The van der Waals surface area contributed by atoms with E-state index in [2.05, 4.69) is 10.3 Å². The van der Waals surface area contributed by atoms with Gasteiger partial charge in [-0.25, -0.2) is 4.98 Å². The average molecular weight is 384 g/mol. The van der Waals surface area contributed by atoms with Crippen LogP contribution in [0.25, 0.3) is 22.8 Å². The van der Waals surface area contributed by atoms with Crippen molar-refractivity contribution in [2.24, 2.45) is 0 Å². The monoisotopic (exact) mass is 384 g/mol. The molecule has 1 heterocycles. The average Bonchev–Trinajstić information content (AvgIpc) is 3.25. The third-order valence-electron chi connectivity index (χ3n) is 4.59. The quantitative estimate of drug-likeness (QED) is 0.488. The summed E-state index contributed by atoms with van der Waals surface area (Å²) in [5.41, 5.74) is 3.88. The van der Waals surface area contributed by atoms with Crippen LogP contribution >= 0.6 is 0 Å². The summed E-state index contributed by atoms with van der Waals surface area (Å²) in [6, 6.07) is 22.5. The predicted octanol–water partition coefficient (Wildman–Crippen LogP) is 5.58. The maximum atomic E-state index is 12.8. The maximum absolute atomic E-state index is 12.8. The van der Waals surface area contributed by atoms with Gasteiger partial charge < -0.3 is 14.5 Å². The smallest absolute Gasteiger partial charge is 0.256 e. The highest BCUT2D eigenvalue weighted by Gasteiger charge is 2.17. The summed E-state index contributed by atoms with van der Waals surface area (Å²) in [4.78, 5) is 17.2. The molecule has 0 bridgehead atoms. The zero-order valence-corrected chi connectivity index (χ0v) is 16.2. The Bertz CT molecular complexity index is 1130. The first-order valence-electron chi connectivity index (χ1n) is 9.22. The molecule has 0 fully saturated rings. The van der Waals surface area contributed by atoms with Crippen LogP contribution < -0.4 is 10.1 Å². The summed E-state index contributed by atoms with van der Waals surface area (Å²) < 4.78 is 11.1. The minimum absolute atomic E-state index is 0.214. The molecule has 1 N–H and O–H groups in total. The number of aryl methyl sites for hydroxylation is 1. The summed E-state index contributed by atoms with van der Waals surface area (Å²) in [7, 11) is 1.63. The van der Waals surface area contributed by atoms with Crippen LogP contribution in [0.4, 0.5) is 5.69 Å². The van der Waals surface area contributed by atoms with Gasteiger partial charge in [-0.2, -0.15) is 0 Å². The molecule has 0 saturated heterocycles. The summed E-state index contributed by atoms with van der Waals surface area (Å²) in [5, 5.41) is 2.92. The normalized spacial score (nSPS) is 10.6. The van der Waals surface area contributed by atoms with Crippen LogP contribution in [0.3, 0.4) is 0 Å². The lowest BCUT2D eigenvalue weighted by Crippen LogP contribution is -2.13. The number of ether oxygens (including phenoxy) is 1. The van der Waals surface area contributed by atoms with Gasteiger partial charge in [0.15, 0.2) is 5.76 Å². The number of nitrogens with zero attached hydrogens (tertiary/aromatic N) is 1. The van der Waals surface area contributed by atoms with Gasteiger partial charge in [0.1, 0.15) is 5.75 Å². The van der Waals surface area contributed by atoms with Gasteiger partial charge in [0, 0.05) is 16.8 Å². The van der Waals surface area contributed by atoms with Crippen LogP contribution in [0, 0.1) is 6.92 Å². The largest absolute Gasteiger partial charge is 0.497 e. The molecule has 0 aliphatic rings. The first-order valence-corrected chi connectivity index (χ1v) is 9.22. The zero-order chi connectivity index (χ0) is 20.2. The third-order valence-corrected chi connectivity index (χ3v) is 4.59. The standard InChI is InChI=1S/C24H20N2O3/c1-16-7-11-18(12-8-16)26-23(27)20-5-3-4-6-21(20)24-25-15-22(29-24)17-9-13-19(28-2)14-10-17/h3-15H,1-2H3,(H,26,27). The van der Waals surface area contributed by atoms with E-state index in [1.807, 2.05) is 73.7 Å². The highest BCUT2D eigenvalue weighted by Crippen LogP contribution is 2.29. The molecule has 29 heavy (non-hydrogen) atoms. The fraction of sp³-hybridized carbons (Fsp3) is 0.0833. The van der Waals surface area contributed by atoms with Crippen LogP contribution in [0.2, 0.25) is 0 Å². The summed E-state index contributed by atoms with van der Waals surface area (Å²) >= 11 is 0. The fourth-order valence-electron chi connectivity index (χ4n) is 2.99. The van der Waals surface area contributed by atoms with Crippen molar-refractivity contribution in [3.63, 3.8) is 0 Å². The van der Waals surface area contributed by atoms with Gasteiger partial charge in [-0.3, -0.25) is 4.79 Å². The molecule has 144 valence electrons. The molecule has 0 unspecified atom stereocenters. The van der Waals surface area contributed by atoms with E-state index in [1.54, 1.807) is 19.4 Å². The number of methoxy groups -OCH3 is 1. The Morgan fingerprint density at radius 3 is 2.41 bits per heavy atom. The lowest BCUT2D eigenvalue weighted by atomic mass is 10.1. The molecule has 0 radical (unpaired) electrons. The molecule has 0 aliphatic heterocycles. The maximum Gasteiger partial charge on any atom is 0.256 e. The Hall–Kier alpha value is -3.86. The molecular formula is C24H20N2O3. The third kappa shape index (κ3) is 4.04. The number of carbonyl (C=O) groups is 1. The molecule has 5 nitrogen and oxygen atoms in total. The van der Waals surface area contributed by atoms with Crippen molar-refractivity contribution >= 4 is 11.6 Å². The lowest BCUT2D eigenvalue weighted by molar-refractivity contribution is 0.102. The van der Waals surface area contributed by atoms with Gasteiger partial charge in [-0.1, -0.05) is 29.8 Å². The molecule has 1 amide bonds. The number of oxazole rings is 1. The van der Waals surface area contributed by atoms with Crippen molar-refractivity contribution in [2.45, 2.75) is 6.92 Å². The second-order valence-corrected chi connectivity index (χ2v) is 6.62. The van der Waals surface area contributed by atoms with E-state index < -0.39 is 0 Å². The number of rotatable bonds is 5. The van der Waals surface area contributed by atoms with Crippen molar-refractivity contribution in [3.8, 4) is 28.5 Å². The molecule has 0 spiro atoms. The van der Waals surface area contributed by atoms with E-state index >= 15 is 0 Å². The predicted molar refractivity (Wildman–Crippen MR) is 113 cm³/mol. The van der Waals surface area contributed by atoms with Crippen molar-refractivity contribution < 1.29 is 13.9 Å². The van der Waals surface area contributed by atoms with Crippen LogP contribution in [0.15, 0.2) is 83.4 Å². The zero-order valence-electron chi connectivity index (χ0n) is 16.2. The van der Waals surface area contributed by atoms with E-state index in [0.29, 0.717) is 22.8 Å². The summed E-state index contributed by atoms with van der Waals surface area (Å²) in [5.74, 6) is 1.57. The number of hydrogen-bond acceptors (Lipinski definition) is 4. The number of anilines is 1. The molecule has 5 heteroatoms. The SMILES string of the molecule is COc1ccc(-c2cnc(-c3ccccc3C(=O)Nc3ccc(C)cc3)o2)cc1. The highest BCUT2D eigenvalue weighted by molar-refractivity contribution is 6.08. The Morgan fingerprint density at radius 2 is 1.69 bits per heavy atom. The molecule has 4 rings (SSSR count). The van der Waals surface area contributed by atoms with Crippen molar-refractivity contribution in [3.05, 3.63) is 90.1 Å². The van der Waals surface area contributed by atoms with Gasteiger partial charge in [0.05, 0.1) is 18.9 Å². The van der Waals surface area contributed by atoms with Crippen molar-refractivity contribution in [1.29, 1.82) is 0 Å². The fourth-order valence-corrected chi connectivity index (χ4v) is 2.99. The Morgan fingerprint density at radius 1 is 0.966 bits per heavy atom. The minimum Gasteiger partial charge on any atom is -0.497 e. The topological polar surface area (TPSA) is 64.4 Å². The van der Waals surface area contributed by atoms with Crippen molar-refractivity contribution in [1.82, 2.24) is 4.98 Å². The van der Waals surface area contributed by atoms with E-state index in [4.69, 9.17) is 9.15 Å². The second-order valence-electron chi connectivity index (χ2n) is 6.62. The first-order chi connectivity index (χ1) is 14.1. The number of amides is 1. The summed E-state index contributed by atoms with van der Waals surface area (Å²) in [6.45, 7) is 2.00. The molecule has 3 aromatic carbocycles. The number of nitrogens with one attached hydrogen (secondary N) is 1.